The van der Waals surface area contributed by atoms with Crippen molar-refractivity contribution in [3.63, 3.8) is 0 Å². The molecule has 2 atom stereocenters. The van der Waals surface area contributed by atoms with Gasteiger partial charge in [-0.25, -0.2) is 14.2 Å². The summed E-state index contributed by atoms with van der Waals surface area (Å²) in [5.74, 6) is -0.353. The highest BCUT2D eigenvalue weighted by Crippen LogP contribution is 2.37. The molecule has 0 saturated heterocycles. The molecular weight excluding hydrogens is 479 g/mol. The summed E-state index contributed by atoms with van der Waals surface area (Å²) in [5.41, 5.74) is 0.932. The number of carbonyl (C=O) groups excluding carboxylic acids is 1. The van der Waals surface area contributed by atoms with Crippen LogP contribution in [0.3, 0.4) is 0 Å². The molecule has 1 fully saturated rings. The third-order valence-corrected chi connectivity index (χ3v) is 5.71. The van der Waals surface area contributed by atoms with Gasteiger partial charge in [-0.1, -0.05) is 12.1 Å². The second kappa shape index (κ2) is 9.05. The van der Waals surface area contributed by atoms with Crippen molar-refractivity contribution >= 4 is 33.1 Å². The number of ether oxygens (including phenoxy) is 2. The summed E-state index contributed by atoms with van der Waals surface area (Å²) in [6.45, 7) is 5.52. The molecule has 1 aliphatic carbocycles. The van der Waals surface area contributed by atoms with Crippen LogP contribution in [-0.4, -0.2) is 32.3 Å². The van der Waals surface area contributed by atoms with Crippen LogP contribution in [0.4, 0.5) is 9.18 Å². The zero-order valence-corrected chi connectivity index (χ0v) is 19.9. The Morgan fingerprint density at radius 2 is 2.06 bits per heavy atom. The van der Waals surface area contributed by atoms with Crippen LogP contribution in [0.5, 0.6) is 11.8 Å². The number of para-hydroxylation sites is 1. The first-order valence-electron chi connectivity index (χ1n) is 10.6. The number of hydrogen-bond acceptors (Lipinski definition) is 5. The Bertz CT molecular complexity index is 1130. The normalized spacial score (nSPS) is 19.0. The van der Waals surface area contributed by atoms with E-state index in [9.17, 15) is 9.18 Å². The Balaban J connectivity index is 1.64. The van der Waals surface area contributed by atoms with Crippen molar-refractivity contribution in [2.75, 3.05) is 0 Å². The van der Waals surface area contributed by atoms with Gasteiger partial charge in [-0.15, -0.1) is 0 Å². The third-order valence-electron chi connectivity index (χ3n) is 5.28. The van der Waals surface area contributed by atoms with Gasteiger partial charge in [-0.3, -0.25) is 4.57 Å². The number of imidazole rings is 1. The molecule has 0 aliphatic heterocycles. The number of rotatable bonds is 4. The molecule has 0 unspecified atom stereocenters. The lowest BCUT2D eigenvalue weighted by Gasteiger charge is -2.32. The number of aromatic nitrogens is 3. The molecule has 3 aromatic rings. The first kappa shape index (κ1) is 22.5. The Hall–Kier alpha value is -2.68. The first-order chi connectivity index (χ1) is 15.2. The van der Waals surface area contributed by atoms with E-state index in [0.29, 0.717) is 22.6 Å². The summed E-state index contributed by atoms with van der Waals surface area (Å²) in [5, 5.41) is 2.99. The number of benzene rings is 1. The molecule has 1 saturated carbocycles. The number of alkyl carbamates (subject to hydrolysis) is 1. The standard InChI is InChI=1S/C23H26BrFN4O3/c1-23(2,3)32-22(30)27-14-7-6-8-15(11-14)29-18-12-20(24)26-13-17(18)28-21(29)31-19-10-5-4-9-16(19)25/h4-5,9-10,12-15H,6-8,11H2,1-3H3,(H,27,30)/t14-,15+/m0/s1. The minimum atomic E-state index is -0.557. The summed E-state index contributed by atoms with van der Waals surface area (Å²) < 4.78 is 28.3. The van der Waals surface area contributed by atoms with Gasteiger partial charge in [0.2, 0.25) is 0 Å². The van der Waals surface area contributed by atoms with Gasteiger partial charge in [-0.2, -0.15) is 4.98 Å². The molecule has 7 nitrogen and oxygen atoms in total. The average Bonchev–Trinajstić information content (AvgIpc) is 3.05. The number of pyridine rings is 1. The van der Waals surface area contributed by atoms with Crippen molar-refractivity contribution in [2.45, 2.75) is 64.1 Å². The van der Waals surface area contributed by atoms with E-state index in [0.717, 1.165) is 24.8 Å². The van der Waals surface area contributed by atoms with Crippen molar-refractivity contribution in [1.82, 2.24) is 19.9 Å². The highest BCUT2D eigenvalue weighted by Gasteiger charge is 2.30. The second-order valence-electron chi connectivity index (χ2n) is 8.96. The molecule has 2 aromatic heterocycles. The van der Waals surface area contributed by atoms with Gasteiger partial charge < -0.3 is 14.8 Å². The number of hydrogen-bond donors (Lipinski definition) is 1. The lowest BCUT2D eigenvalue weighted by Crippen LogP contribution is -2.41. The molecule has 1 N–H and O–H groups in total. The maximum absolute atomic E-state index is 14.3. The predicted molar refractivity (Wildman–Crippen MR) is 122 cm³/mol. The van der Waals surface area contributed by atoms with E-state index in [2.05, 4.69) is 31.2 Å². The van der Waals surface area contributed by atoms with Gasteiger partial charge in [0.1, 0.15) is 15.7 Å². The van der Waals surface area contributed by atoms with Crippen molar-refractivity contribution in [3.8, 4) is 11.8 Å². The molecule has 0 spiro atoms. The minimum Gasteiger partial charge on any atom is -0.444 e. The van der Waals surface area contributed by atoms with E-state index in [4.69, 9.17) is 9.47 Å². The fourth-order valence-corrected chi connectivity index (χ4v) is 4.33. The van der Waals surface area contributed by atoms with Gasteiger partial charge in [0.05, 0.1) is 11.7 Å². The van der Waals surface area contributed by atoms with Gasteiger partial charge in [0.15, 0.2) is 11.6 Å². The van der Waals surface area contributed by atoms with Crippen molar-refractivity contribution < 1.29 is 18.7 Å². The molecule has 9 heteroatoms. The average molecular weight is 505 g/mol. The quantitative estimate of drug-likeness (QED) is 0.432. The molecule has 32 heavy (non-hydrogen) atoms. The largest absolute Gasteiger partial charge is 0.444 e. The molecular formula is C23H26BrFN4O3. The Kier molecular flexibility index (Phi) is 6.37. The van der Waals surface area contributed by atoms with Crippen LogP contribution < -0.4 is 10.1 Å². The number of nitrogens with zero attached hydrogens (tertiary/aromatic N) is 3. The molecule has 1 aliphatic rings. The van der Waals surface area contributed by atoms with Crippen LogP contribution in [0.25, 0.3) is 11.0 Å². The molecule has 1 amide bonds. The molecule has 2 heterocycles. The third kappa shape index (κ3) is 5.20. The SMILES string of the molecule is CC(C)(C)OC(=O)N[C@H]1CCC[C@@H](n2c(Oc3ccccc3F)nc3cnc(Br)cc32)C1. The van der Waals surface area contributed by atoms with Crippen molar-refractivity contribution in [1.29, 1.82) is 0 Å². The summed E-state index contributed by atoms with van der Waals surface area (Å²) in [7, 11) is 0. The zero-order chi connectivity index (χ0) is 22.9. The summed E-state index contributed by atoms with van der Waals surface area (Å²) in [6, 6.07) is 8.38. The van der Waals surface area contributed by atoms with Crippen LogP contribution in [0.15, 0.2) is 41.1 Å². The van der Waals surface area contributed by atoms with Crippen LogP contribution in [-0.2, 0) is 4.74 Å². The maximum Gasteiger partial charge on any atom is 0.407 e. The molecule has 170 valence electrons. The Labute approximate surface area is 194 Å². The highest BCUT2D eigenvalue weighted by atomic mass is 79.9. The van der Waals surface area contributed by atoms with Crippen molar-refractivity contribution in [2.24, 2.45) is 0 Å². The van der Waals surface area contributed by atoms with Crippen LogP contribution in [0, 0.1) is 5.82 Å². The fraction of sp³-hybridized carbons (Fsp3) is 0.435. The Morgan fingerprint density at radius 3 is 2.81 bits per heavy atom. The fourth-order valence-electron chi connectivity index (χ4n) is 4.01. The van der Waals surface area contributed by atoms with Crippen molar-refractivity contribution in [3.05, 3.63) is 46.9 Å². The predicted octanol–water partition coefficient (Wildman–Crippen LogP) is 6.13. The van der Waals surface area contributed by atoms with Gasteiger partial charge in [-0.05, 0) is 80.6 Å². The maximum atomic E-state index is 14.3. The number of fused-ring (bicyclic) bond motifs is 1. The lowest BCUT2D eigenvalue weighted by molar-refractivity contribution is 0.0486. The Morgan fingerprint density at radius 1 is 1.28 bits per heavy atom. The number of nitrogens with one attached hydrogen (secondary N) is 1. The van der Waals surface area contributed by atoms with Crippen LogP contribution in [0.2, 0.25) is 0 Å². The molecule has 0 bridgehead atoms. The zero-order valence-electron chi connectivity index (χ0n) is 18.3. The van der Waals surface area contributed by atoms with E-state index >= 15 is 0 Å². The van der Waals surface area contributed by atoms with Gasteiger partial charge in [0.25, 0.3) is 0 Å². The first-order valence-corrected chi connectivity index (χ1v) is 11.4. The highest BCUT2D eigenvalue weighted by molar-refractivity contribution is 9.10. The molecule has 0 radical (unpaired) electrons. The van der Waals surface area contributed by atoms with E-state index < -0.39 is 17.5 Å². The summed E-state index contributed by atoms with van der Waals surface area (Å²) >= 11 is 3.42. The molecule has 4 rings (SSSR count). The van der Waals surface area contributed by atoms with Crippen LogP contribution >= 0.6 is 15.9 Å². The van der Waals surface area contributed by atoms with E-state index in [-0.39, 0.29) is 17.8 Å². The molecule has 1 aromatic carbocycles. The number of halogens is 2. The van der Waals surface area contributed by atoms with Gasteiger partial charge in [0, 0.05) is 12.1 Å². The number of amides is 1. The second-order valence-corrected chi connectivity index (χ2v) is 9.77. The topological polar surface area (TPSA) is 78.3 Å². The van der Waals surface area contributed by atoms with Crippen LogP contribution in [0.1, 0.15) is 52.5 Å². The van der Waals surface area contributed by atoms with E-state index in [1.807, 2.05) is 31.4 Å². The van der Waals surface area contributed by atoms with E-state index in [1.165, 1.54) is 6.07 Å². The van der Waals surface area contributed by atoms with Gasteiger partial charge >= 0.3 is 12.1 Å². The smallest absolute Gasteiger partial charge is 0.407 e. The number of carbonyl (C=O) groups is 1. The minimum absolute atomic E-state index is 0.00441. The summed E-state index contributed by atoms with van der Waals surface area (Å²) in [4.78, 5) is 21.1. The monoisotopic (exact) mass is 504 g/mol. The van der Waals surface area contributed by atoms with E-state index in [1.54, 1.807) is 24.4 Å². The summed E-state index contributed by atoms with van der Waals surface area (Å²) in [6.07, 6.45) is 4.56. The lowest BCUT2D eigenvalue weighted by atomic mass is 9.90.